The maximum atomic E-state index is 10.8. The second kappa shape index (κ2) is 5.01. The first-order valence-corrected chi connectivity index (χ1v) is 5.88. The number of carboxylic acids is 2. The van der Waals surface area contributed by atoms with Gasteiger partial charge in [0.15, 0.2) is 0 Å². The van der Waals surface area contributed by atoms with Crippen LogP contribution in [0.4, 0.5) is 5.00 Å². The molecule has 2 N–H and O–H groups in total. The van der Waals surface area contributed by atoms with Crippen molar-refractivity contribution in [3.8, 4) is 0 Å². The molecule has 0 amide bonds. The number of aromatic nitrogens is 1. The Morgan fingerprint density at radius 3 is 2.39 bits per heavy atom. The maximum Gasteiger partial charge on any atom is 0.323 e. The number of benzene rings is 1. The third-order valence-corrected chi connectivity index (χ3v) is 3.24. The fraction of sp³-hybridized carbons (Fsp3) is 0.182. The molecule has 0 aliphatic heterocycles. The third-order valence-electron chi connectivity index (χ3n) is 2.30. The summed E-state index contributed by atoms with van der Waals surface area (Å²) < 4.78 is 4.17. The predicted octanol–water partition coefficient (Wildman–Crippen LogP) is 1.27. The number of hydrogen-bond acceptors (Lipinski definition) is 5. The van der Waals surface area contributed by atoms with Crippen LogP contribution in [0.3, 0.4) is 0 Å². The molecule has 0 atom stereocenters. The van der Waals surface area contributed by atoms with Gasteiger partial charge >= 0.3 is 11.9 Å². The van der Waals surface area contributed by atoms with Gasteiger partial charge in [0.25, 0.3) is 0 Å². The standard InChI is InChI=1S/C11H10N2O4S/c14-9(15)5-13(6-10(16)17)11-7-3-1-2-4-8(7)12-18-11/h1-4H,5-6H2,(H,14,15)(H,16,17). The van der Waals surface area contributed by atoms with E-state index in [2.05, 4.69) is 4.37 Å². The molecule has 0 bridgehead atoms. The molecule has 0 aliphatic rings. The molecule has 1 heterocycles. The van der Waals surface area contributed by atoms with Crippen LogP contribution in [-0.2, 0) is 9.59 Å². The molecule has 0 radical (unpaired) electrons. The van der Waals surface area contributed by atoms with E-state index < -0.39 is 11.9 Å². The summed E-state index contributed by atoms with van der Waals surface area (Å²) in [7, 11) is 0. The number of nitrogens with zero attached hydrogens (tertiary/aromatic N) is 2. The van der Waals surface area contributed by atoms with Crippen molar-refractivity contribution in [3.05, 3.63) is 24.3 Å². The van der Waals surface area contributed by atoms with Gasteiger partial charge in [0.2, 0.25) is 0 Å². The molecule has 1 aromatic carbocycles. The molecular weight excluding hydrogens is 256 g/mol. The summed E-state index contributed by atoms with van der Waals surface area (Å²) in [5.74, 6) is -2.15. The Morgan fingerprint density at radius 1 is 1.17 bits per heavy atom. The lowest BCUT2D eigenvalue weighted by Crippen LogP contribution is -2.33. The van der Waals surface area contributed by atoms with Crippen LogP contribution in [0.2, 0.25) is 0 Å². The lowest BCUT2D eigenvalue weighted by atomic mass is 10.2. The van der Waals surface area contributed by atoms with Gasteiger partial charge in [-0.05, 0) is 23.7 Å². The Morgan fingerprint density at radius 2 is 1.78 bits per heavy atom. The molecule has 6 nitrogen and oxygen atoms in total. The monoisotopic (exact) mass is 266 g/mol. The molecule has 0 fully saturated rings. The van der Waals surface area contributed by atoms with Crippen molar-refractivity contribution in [1.82, 2.24) is 4.37 Å². The summed E-state index contributed by atoms with van der Waals surface area (Å²) in [4.78, 5) is 22.8. The molecule has 0 unspecified atom stereocenters. The highest BCUT2D eigenvalue weighted by molar-refractivity contribution is 7.11. The number of carbonyl (C=O) groups is 2. The molecule has 1 aromatic heterocycles. The van der Waals surface area contributed by atoms with E-state index in [9.17, 15) is 9.59 Å². The molecule has 0 spiro atoms. The Hall–Kier alpha value is -2.15. The van der Waals surface area contributed by atoms with Crippen LogP contribution >= 0.6 is 11.5 Å². The maximum absolute atomic E-state index is 10.8. The van der Waals surface area contributed by atoms with Crippen molar-refractivity contribution in [2.45, 2.75) is 0 Å². The van der Waals surface area contributed by atoms with Crippen molar-refractivity contribution in [2.24, 2.45) is 0 Å². The van der Waals surface area contributed by atoms with Crippen molar-refractivity contribution < 1.29 is 19.8 Å². The summed E-state index contributed by atoms with van der Waals surface area (Å²) in [5.41, 5.74) is 0.735. The van der Waals surface area contributed by atoms with Gasteiger partial charge in [-0.3, -0.25) is 9.59 Å². The van der Waals surface area contributed by atoms with Crippen molar-refractivity contribution in [2.75, 3.05) is 18.0 Å². The van der Waals surface area contributed by atoms with Gasteiger partial charge in [-0.15, -0.1) is 0 Å². The van der Waals surface area contributed by atoms with Crippen LogP contribution < -0.4 is 4.90 Å². The van der Waals surface area contributed by atoms with Crippen molar-refractivity contribution in [3.63, 3.8) is 0 Å². The van der Waals surface area contributed by atoms with E-state index in [1.807, 2.05) is 6.07 Å². The Balaban J connectivity index is 2.40. The fourth-order valence-electron chi connectivity index (χ4n) is 1.63. The largest absolute Gasteiger partial charge is 0.480 e. The number of fused-ring (bicyclic) bond motifs is 1. The molecule has 2 rings (SSSR count). The van der Waals surface area contributed by atoms with Gasteiger partial charge in [-0.25, -0.2) is 0 Å². The average Bonchev–Trinajstić information content (AvgIpc) is 2.70. The summed E-state index contributed by atoms with van der Waals surface area (Å²) in [6.45, 7) is -0.725. The molecular formula is C11H10N2O4S. The van der Waals surface area contributed by atoms with Gasteiger partial charge in [-0.2, -0.15) is 4.37 Å². The zero-order chi connectivity index (χ0) is 13.1. The highest BCUT2D eigenvalue weighted by atomic mass is 32.1. The predicted molar refractivity (Wildman–Crippen MR) is 67.1 cm³/mol. The minimum absolute atomic E-state index is 0.363. The van der Waals surface area contributed by atoms with Crippen LogP contribution in [0.1, 0.15) is 0 Å². The van der Waals surface area contributed by atoms with Crippen LogP contribution in [0.5, 0.6) is 0 Å². The highest BCUT2D eigenvalue weighted by Gasteiger charge is 2.18. The molecule has 2 aromatic rings. The van der Waals surface area contributed by atoms with E-state index in [1.54, 1.807) is 18.2 Å². The van der Waals surface area contributed by atoms with Gasteiger partial charge in [0, 0.05) is 5.39 Å². The van der Waals surface area contributed by atoms with Crippen molar-refractivity contribution in [1.29, 1.82) is 0 Å². The van der Waals surface area contributed by atoms with Crippen molar-refractivity contribution >= 4 is 39.4 Å². The summed E-state index contributed by atoms with van der Waals surface area (Å²) >= 11 is 1.10. The Labute approximate surface area is 106 Å². The van der Waals surface area contributed by atoms with Crippen LogP contribution in [0.15, 0.2) is 24.3 Å². The normalized spacial score (nSPS) is 10.4. The quantitative estimate of drug-likeness (QED) is 0.847. The first-order valence-electron chi connectivity index (χ1n) is 5.11. The fourth-order valence-corrected chi connectivity index (χ4v) is 2.49. The first-order chi connectivity index (χ1) is 8.58. The Kier molecular flexibility index (Phi) is 3.42. The molecule has 94 valence electrons. The van der Waals surface area contributed by atoms with Gasteiger partial charge in [-0.1, -0.05) is 12.1 Å². The van der Waals surface area contributed by atoms with Crippen LogP contribution in [-0.4, -0.2) is 39.6 Å². The third kappa shape index (κ3) is 2.57. The van der Waals surface area contributed by atoms with E-state index in [4.69, 9.17) is 10.2 Å². The zero-order valence-electron chi connectivity index (χ0n) is 9.24. The number of hydrogen-bond donors (Lipinski definition) is 2. The minimum atomic E-state index is -1.08. The smallest absolute Gasteiger partial charge is 0.323 e. The van der Waals surface area contributed by atoms with Gasteiger partial charge < -0.3 is 15.1 Å². The lowest BCUT2D eigenvalue weighted by molar-refractivity contribution is -0.136. The van der Waals surface area contributed by atoms with E-state index in [1.165, 1.54) is 4.90 Å². The second-order valence-electron chi connectivity index (χ2n) is 3.65. The van der Waals surface area contributed by atoms with Gasteiger partial charge in [0.1, 0.15) is 18.1 Å². The molecule has 0 saturated heterocycles. The molecule has 0 aliphatic carbocycles. The van der Waals surface area contributed by atoms with E-state index in [0.717, 1.165) is 22.4 Å². The number of carboxylic acid groups (broad SMARTS) is 2. The topological polar surface area (TPSA) is 90.7 Å². The summed E-state index contributed by atoms with van der Waals surface area (Å²) in [6.07, 6.45) is 0. The minimum Gasteiger partial charge on any atom is -0.480 e. The average molecular weight is 266 g/mol. The number of anilines is 1. The first kappa shape index (κ1) is 12.3. The molecule has 7 heteroatoms. The molecule has 18 heavy (non-hydrogen) atoms. The van der Waals surface area contributed by atoms with E-state index in [-0.39, 0.29) is 13.1 Å². The Bertz CT molecular complexity index is 579. The van der Waals surface area contributed by atoms with Crippen LogP contribution in [0, 0.1) is 0 Å². The summed E-state index contributed by atoms with van der Waals surface area (Å²) in [5, 5.41) is 19.0. The van der Waals surface area contributed by atoms with E-state index >= 15 is 0 Å². The summed E-state index contributed by atoms with van der Waals surface area (Å²) in [6, 6.07) is 7.23. The zero-order valence-corrected chi connectivity index (χ0v) is 10.1. The second-order valence-corrected chi connectivity index (χ2v) is 4.40. The van der Waals surface area contributed by atoms with Gasteiger partial charge in [0.05, 0.1) is 5.52 Å². The van der Waals surface area contributed by atoms with Crippen LogP contribution in [0.25, 0.3) is 10.9 Å². The number of aliphatic carboxylic acids is 2. The number of rotatable bonds is 5. The lowest BCUT2D eigenvalue weighted by Gasteiger charge is -2.18. The van der Waals surface area contributed by atoms with E-state index in [0.29, 0.717) is 5.00 Å². The SMILES string of the molecule is O=C(O)CN(CC(=O)O)c1snc2ccccc12. The molecule has 0 saturated carbocycles. The highest BCUT2D eigenvalue weighted by Crippen LogP contribution is 2.30.